The van der Waals surface area contributed by atoms with Gasteiger partial charge in [0.1, 0.15) is 0 Å². The van der Waals surface area contributed by atoms with Crippen molar-refractivity contribution in [2.45, 2.75) is 84.9 Å². The van der Waals surface area contributed by atoms with Crippen LogP contribution >= 0.6 is 24.0 Å². The van der Waals surface area contributed by atoms with Crippen molar-refractivity contribution in [1.29, 1.82) is 0 Å². The minimum absolute atomic E-state index is 0. The van der Waals surface area contributed by atoms with Gasteiger partial charge >= 0.3 is 0 Å². The third-order valence-corrected chi connectivity index (χ3v) is 8.06. The van der Waals surface area contributed by atoms with Crippen LogP contribution in [0.4, 0.5) is 0 Å². The van der Waals surface area contributed by atoms with Crippen LogP contribution in [-0.2, 0) is 14.8 Å². The van der Waals surface area contributed by atoms with Crippen molar-refractivity contribution in [1.82, 2.24) is 14.9 Å². The summed E-state index contributed by atoms with van der Waals surface area (Å²) in [6.07, 6.45) is 5.17. The lowest BCUT2D eigenvalue weighted by atomic mass is 9.64. The normalized spacial score (nSPS) is 25.8. The number of hydrogen-bond acceptors (Lipinski definition) is 4. The van der Waals surface area contributed by atoms with Crippen LogP contribution in [0.15, 0.2) is 4.99 Å². The highest BCUT2D eigenvalue weighted by Crippen LogP contribution is 2.42. The maximum absolute atomic E-state index is 12.0. The lowest BCUT2D eigenvalue weighted by Crippen LogP contribution is -2.64. The van der Waals surface area contributed by atoms with E-state index in [1.165, 1.54) is 0 Å². The molecule has 7 nitrogen and oxygen atoms in total. The van der Waals surface area contributed by atoms with Crippen LogP contribution in [0.3, 0.4) is 0 Å². The number of hydrogen-bond donors (Lipinski definition) is 2. The first-order valence-corrected chi connectivity index (χ1v) is 12.5. The molecule has 0 bridgehead atoms. The molecule has 9 heteroatoms. The van der Waals surface area contributed by atoms with Gasteiger partial charge in [-0.3, -0.25) is 4.99 Å². The lowest BCUT2D eigenvalue weighted by molar-refractivity contribution is -0.113. The van der Waals surface area contributed by atoms with Crippen molar-refractivity contribution in [3.8, 4) is 0 Å². The number of sulfonamides is 1. The van der Waals surface area contributed by atoms with Gasteiger partial charge in [-0.2, -0.15) is 0 Å². The molecule has 172 valence electrons. The Morgan fingerprint density at radius 2 is 1.83 bits per heavy atom. The Labute approximate surface area is 194 Å². The van der Waals surface area contributed by atoms with Gasteiger partial charge in [0.25, 0.3) is 0 Å². The molecular formula is C20H41IN4O3S. The van der Waals surface area contributed by atoms with Gasteiger partial charge < -0.3 is 15.4 Å². The van der Waals surface area contributed by atoms with E-state index in [1.54, 1.807) is 11.2 Å². The summed E-state index contributed by atoms with van der Waals surface area (Å²) < 4.78 is 31.7. The first-order valence-electron chi connectivity index (χ1n) is 10.9. The maximum atomic E-state index is 12.0. The highest BCUT2D eigenvalue weighted by Gasteiger charge is 2.49. The van der Waals surface area contributed by atoms with Gasteiger partial charge in [-0.25, -0.2) is 12.7 Å². The topological polar surface area (TPSA) is 83.0 Å². The molecule has 1 saturated heterocycles. The maximum Gasteiger partial charge on any atom is 0.213 e. The number of halogens is 1. The Morgan fingerprint density at radius 1 is 1.17 bits per heavy atom. The molecule has 1 aliphatic carbocycles. The van der Waals surface area contributed by atoms with E-state index in [0.717, 1.165) is 44.7 Å². The molecule has 2 unspecified atom stereocenters. The number of nitrogens with zero attached hydrogens (tertiary/aromatic N) is 2. The quantitative estimate of drug-likeness (QED) is 0.202. The predicted octanol–water partition coefficient (Wildman–Crippen LogP) is 2.96. The van der Waals surface area contributed by atoms with Crippen molar-refractivity contribution < 1.29 is 13.2 Å². The third-order valence-electron chi connectivity index (χ3n) is 6.17. The van der Waals surface area contributed by atoms with Crippen molar-refractivity contribution in [2.24, 2.45) is 10.4 Å². The van der Waals surface area contributed by atoms with Crippen LogP contribution in [0.5, 0.6) is 0 Å². The summed E-state index contributed by atoms with van der Waals surface area (Å²) in [5, 5.41) is 7.12. The number of rotatable bonds is 9. The van der Waals surface area contributed by atoms with E-state index in [2.05, 4.69) is 36.4 Å². The largest absolute Gasteiger partial charge is 0.378 e. The molecule has 2 rings (SSSR count). The standard InChI is InChI=1S/C20H40N4O3S.HI/c1-6-9-14-27-18-15-17(20(18,4)5)23-19(21-7-2)22-16-10-12-24(13-11-16)28(25,26)8-3;/h16-18H,6-15H2,1-5H3,(H2,21,22,23);1H. The summed E-state index contributed by atoms with van der Waals surface area (Å²) >= 11 is 0. The highest BCUT2D eigenvalue weighted by molar-refractivity contribution is 14.0. The minimum Gasteiger partial charge on any atom is -0.378 e. The van der Waals surface area contributed by atoms with Crippen molar-refractivity contribution in [2.75, 3.05) is 32.0 Å². The molecule has 0 radical (unpaired) electrons. The Morgan fingerprint density at radius 3 is 2.34 bits per heavy atom. The Kier molecular flexibility index (Phi) is 11.2. The van der Waals surface area contributed by atoms with Crippen molar-refractivity contribution in [3.05, 3.63) is 0 Å². The summed E-state index contributed by atoms with van der Waals surface area (Å²) in [4.78, 5) is 4.61. The van der Waals surface area contributed by atoms with E-state index in [0.29, 0.717) is 31.8 Å². The van der Waals surface area contributed by atoms with Crippen LogP contribution in [0.25, 0.3) is 0 Å². The molecule has 0 amide bonds. The molecule has 1 saturated carbocycles. The number of piperidine rings is 1. The average molecular weight is 545 g/mol. The van der Waals surface area contributed by atoms with Gasteiger partial charge in [-0.15, -0.1) is 24.0 Å². The molecule has 0 aromatic heterocycles. The van der Waals surface area contributed by atoms with E-state index in [1.807, 2.05) is 6.92 Å². The number of guanidine groups is 1. The van der Waals surface area contributed by atoms with Gasteiger partial charge in [0, 0.05) is 43.7 Å². The minimum atomic E-state index is -3.08. The van der Waals surface area contributed by atoms with E-state index < -0.39 is 10.0 Å². The van der Waals surface area contributed by atoms with Crippen molar-refractivity contribution >= 4 is 40.0 Å². The number of unbranched alkanes of at least 4 members (excludes halogenated alkanes) is 1. The molecule has 0 aromatic rings. The van der Waals surface area contributed by atoms with Crippen LogP contribution in [0.2, 0.25) is 0 Å². The number of ether oxygens (including phenoxy) is 1. The van der Waals surface area contributed by atoms with Gasteiger partial charge in [0.05, 0.1) is 11.9 Å². The Balaban J connectivity index is 0.00000420. The number of nitrogens with one attached hydrogen (secondary N) is 2. The summed E-state index contributed by atoms with van der Waals surface area (Å²) in [6, 6.07) is 0.582. The molecular weight excluding hydrogens is 503 g/mol. The summed E-state index contributed by atoms with van der Waals surface area (Å²) in [6.45, 7) is 13.1. The van der Waals surface area contributed by atoms with E-state index in [-0.39, 0.29) is 41.2 Å². The van der Waals surface area contributed by atoms with E-state index in [4.69, 9.17) is 4.74 Å². The van der Waals surface area contributed by atoms with Gasteiger partial charge in [-0.1, -0.05) is 27.2 Å². The SMILES string of the molecule is CCCCOC1CC(NC(=NCC)NC2CCN(S(=O)(=O)CC)CC2)C1(C)C.I. The lowest BCUT2D eigenvalue weighted by Gasteiger charge is -2.52. The molecule has 29 heavy (non-hydrogen) atoms. The first-order chi connectivity index (χ1) is 13.2. The van der Waals surface area contributed by atoms with E-state index >= 15 is 0 Å². The first kappa shape index (κ1) is 26.9. The van der Waals surface area contributed by atoms with Crippen LogP contribution in [0, 0.1) is 5.41 Å². The highest BCUT2D eigenvalue weighted by atomic mass is 127. The fourth-order valence-electron chi connectivity index (χ4n) is 3.89. The molecule has 2 aliphatic rings. The van der Waals surface area contributed by atoms with Gasteiger partial charge in [0.15, 0.2) is 5.96 Å². The summed E-state index contributed by atoms with van der Waals surface area (Å²) in [5.74, 6) is 1.01. The zero-order chi connectivity index (χ0) is 20.8. The van der Waals surface area contributed by atoms with Crippen LogP contribution in [0.1, 0.15) is 66.7 Å². The van der Waals surface area contributed by atoms with Crippen LogP contribution < -0.4 is 10.6 Å². The second-order valence-corrected chi connectivity index (χ2v) is 10.8. The fourth-order valence-corrected chi connectivity index (χ4v) is 5.03. The van der Waals surface area contributed by atoms with Crippen molar-refractivity contribution in [3.63, 3.8) is 0 Å². The zero-order valence-electron chi connectivity index (χ0n) is 18.7. The van der Waals surface area contributed by atoms with Gasteiger partial charge in [0.2, 0.25) is 10.0 Å². The smallest absolute Gasteiger partial charge is 0.213 e. The Hall–Kier alpha value is -0.130. The summed E-state index contributed by atoms with van der Waals surface area (Å²) in [5.41, 5.74) is 0.0719. The second-order valence-electron chi connectivity index (χ2n) is 8.51. The monoisotopic (exact) mass is 544 g/mol. The average Bonchev–Trinajstić information content (AvgIpc) is 2.67. The molecule has 1 heterocycles. The molecule has 2 fully saturated rings. The molecule has 0 spiro atoms. The Bertz CT molecular complexity index is 619. The predicted molar refractivity (Wildman–Crippen MR) is 131 cm³/mol. The second kappa shape index (κ2) is 12.0. The summed E-state index contributed by atoms with van der Waals surface area (Å²) in [7, 11) is -3.08. The fraction of sp³-hybridized carbons (Fsp3) is 0.950. The molecule has 1 aliphatic heterocycles. The van der Waals surface area contributed by atoms with E-state index in [9.17, 15) is 8.42 Å². The third kappa shape index (κ3) is 7.21. The molecule has 0 aromatic carbocycles. The van der Waals surface area contributed by atoms with Crippen LogP contribution in [-0.4, -0.2) is 68.9 Å². The molecule has 2 N–H and O–H groups in total. The number of aliphatic imine (C=N–C) groups is 1. The molecule has 2 atom stereocenters. The van der Waals surface area contributed by atoms with Gasteiger partial charge in [-0.05, 0) is 39.5 Å². The zero-order valence-corrected chi connectivity index (χ0v) is 21.9.